The van der Waals surface area contributed by atoms with Gasteiger partial charge in [-0.05, 0) is 24.7 Å². The lowest BCUT2D eigenvalue weighted by molar-refractivity contribution is -0.137. The molecular formula is C13H24N2O4. The number of nitrogens with one attached hydrogen (secondary N) is 1. The molecule has 6 nitrogen and oxygen atoms in total. The molecule has 2 amide bonds. The van der Waals surface area contributed by atoms with Gasteiger partial charge in [-0.3, -0.25) is 4.79 Å². The van der Waals surface area contributed by atoms with E-state index in [9.17, 15) is 9.59 Å². The van der Waals surface area contributed by atoms with Crippen LogP contribution in [0.15, 0.2) is 0 Å². The Hall–Kier alpha value is -1.30. The third-order valence-electron chi connectivity index (χ3n) is 3.47. The van der Waals surface area contributed by atoms with Gasteiger partial charge >= 0.3 is 12.0 Å². The number of rotatable bonds is 6. The first-order chi connectivity index (χ1) is 8.97. The molecular weight excluding hydrogens is 248 g/mol. The summed E-state index contributed by atoms with van der Waals surface area (Å²) >= 11 is 0. The van der Waals surface area contributed by atoms with Gasteiger partial charge in [0.1, 0.15) is 6.54 Å². The Morgan fingerprint density at radius 1 is 1.37 bits per heavy atom. The average molecular weight is 272 g/mol. The van der Waals surface area contributed by atoms with Crippen molar-refractivity contribution in [3.05, 3.63) is 0 Å². The molecule has 0 unspecified atom stereocenters. The number of ether oxygens (including phenoxy) is 1. The fourth-order valence-electron chi connectivity index (χ4n) is 2.13. The molecule has 6 heteroatoms. The highest BCUT2D eigenvalue weighted by atomic mass is 16.5. The lowest BCUT2D eigenvalue weighted by Gasteiger charge is -2.34. The van der Waals surface area contributed by atoms with Crippen LogP contribution < -0.4 is 5.32 Å². The van der Waals surface area contributed by atoms with Gasteiger partial charge in [0.2, 0.25) is 0 Å². The molecule has 0 aliphatic carbocycles. The number of urea groups is 1. The summed E-state index contributed by atoms with van der Waals surface area (Å²) in [5.74, 6) is -0.985. The van der Waals surface area contributed by atoms with E-state index < -0.39 is 5.97 Å². The zero-order valence-corrected chi connectivity index (χ0v) is 11.8. The first kappa shape index (κ1) is 15.8. The third-order valence-corrected chi connectivity index (χ3v) is 3.47. The number of carbonyl (C=O) groups excluding carboxylic acids is 1. The predicted molar refractivity (Wildman–Crippen MR) is 71.1 cm³/mol. The number of carboxylic acid groups (broad SMARTS) is 1. The van der Waals surface area contributed by atoms with E-state index in [1.807, 2.05) is 6.92 Å². The van der Waals surface area contributed by atoms with Crippen LogP contribution in [-0.4, -0.2) is 54.9 Å². The summed E-state index contributed by atoms with van der Waals surface area (Å²) in [6.07, 6.45) is 2.58. The predicted octanol–water partition coefficient (Wildman–Crippen LogP) is 1.31. The third kappa shape index (κ3) is 5.46. The van der Waals surface area contributed by atoms with Crippen molar-refractivity contribution in [3.8, 4) is 0 Å². The van der Waals surface area contributed by atoms with E-state index in [1.165, 1.54) is 4.90 Å². The Labute approximate surface area is 114 Å². The Morgan fingerprint density at radius 3 is 2.53 bits per heavy atom. The molecule has 1 aliphatic rings. The maximum absolute atomic E-state index is 12.0. The maximum atomic E-state index is 12.0. The van der Waals surface area contributed by atoms with Crippen molar-refractivity contribution < 1.29 is 19.4 Å². The van der Waals surface area contributed by atoms with Crippen molar-refractivity contribution in [2.24, 2.45) is 5.41 Å². The SMILES string of the molecule is CCCN(CC(=O)O)C(=O)NCC1(C)CCOCC1. The van der Waals surface area contributed by atoms with Gasteiger partial charge in [0.15, 0.2) is 0 Å². The van der Waals surface area contributed by atoms with Gasteiger partial charge < -0.3 is 20.1 Å². The normalized spacial score (nSPS) is 17.8. The molecule has 2 N–H and O–H groups in total. The molecule has 0 aromatic heterocycles. The second-order valence-corrected chi connectivity index (χ2v) is 5.40. The lowest BCUT2D eigenvalue weighted by atomic mass is 9.82. The van der Waals surface area contributed by atoms with Gasteiger partial charge in [-0.25, -0.2) is 4.79 Å². The van der Waals surface area contributed by atoms with Gasteiger partial charge in [-0.15, -0.1) is 0 Å². The van der Waals surface area contributed by atoms with Gasteiger partial charge in [0.05, 0.1) is 0 Å². The van der Waals surface area contributed by atoms with Crippen LogP contribution in [0, 0.1) is 5.41 Å². The molecule has 1 heterocycles. The van der Waals surface area contributed by atoms with E-state index in [-0.39, 0.29) is 18.0 Å². The van der Waals surface area contributed by atoms with Crippen LogP contribution in [0.5, 0.6) is 0 Å². The smallest absolute Gasteiger partial charge is 0.323 e. The van der Waals surface area contributed by atoms with Crippen LogP contribution in [0.1, 0.15) is 33.1 Å². The topological polar surface area (TPSA) is 78.9 Å². The lowest BCUT2D eigenvalue weighted by Crippen LogP contribution is -2.47. The molecule has 0 radical (unpaired) electrons. The van der Waals surface area contributed by atoms with E-state index in [1.54, 1.807) is 0 Å². The first-order valence-corrected chi connectivity index (χ1v) is 6.79. The van der Waals surface area contributed by atoms with Gasteiger partial charge in [-0.1, -0.05) is 13.8 Å². The highest BCUT2D eigenvalue weighted by molar-refractivity contribution is 5.80. The number of carboxylic acids is 1. The summed E-state index contributed by atoms with van der Waals surface area (Å²) in [6.45, 7) is 6.26. The number of hydrogen-bond donors (Lipinski definition) is 2. The zero-order chi connectivity index (χ0) is 14.3. The van der Waals surface area contributed by atoms with Crippen LogP contribution in [0.4, 0.5) is 4.79 Å². The summed E-state index contributed by atoms with van der Waals surface area (Å²) in [5, 5.41) is 11.6. The first-order valence-electron chi connectivity index (χ1n) is 6.79. The van der Waals surface area contributed by atoms with E-state index in [0.717, 1.165) is 32.5 Å². The summed E-state index contributed by atoms with van der Waals surface area (Å²) in [6, 6.07) is -0.294. The summed E-state index contributed by atoms with van der Waals surface area (Å²) < 4.78 is 5.31. The summed E-state index contributed by atoms with van der Waals surface area (Å²) in [5.41, 5.74) is 0.0506. The Balaban J connectivity index is 2.44. The number of aliphatic carboxylic acids is 1. The molecule has 1 rings (SSSR count). The van der Waals surface area contributed by atoms with E-state index in [0.29, 0.717) is 13.1 Å². The highest BCUT2D eigenvalue weighted by Gasteiger charge is 2.28. The molecule has 1 fully saturated rings. The fourth-order valence-corrected chi connectivity index (χ4v) is 2.13. The van der Waals surface area contributed by atoms with Crippen LogP contribution >= 0.6 is 0 Å². The van der Waals surface area contributed by atoms with Crippen molar-refractivity contribution in [2.75, 3.05) is 32.8 Å². The Morgan fingerprint density at radius 2 is 2.00 bits per heavy atom. The standard InChI is InChI=1S/C13H24N2O4/c1-3-6-15(9-11(16)17)12(18)14-10-13(2)4-7-19-8-5-13/h3-10H2,1-2H3,(H,14,18)(H,16,17). The van der Waals surface area contributed by atoms with Gasteiger partial charge in [-0.2, -0.15) is 0 Å². The number of carbonyl (C=O) groups is 2. The highest BCUT2D eigenvalue weighted by Crippen LogP contribution is 2.28. The minimum absolute atomic E-state index is 0.0506. The fraction of sp³-hybridized carbons (Fsp3) is 0.846. The van der Waals surface area contributed by atoms with Crippen molar-refractivity contribution in [2.45, 2.75) is 33.1 Å². The largest absolute Gasteiger partial charge is 0.480 e. The molecule has 0 bridgehead atoms. The minimum atomic E-state index is -0.985. The van der Waals surface area contributed by atoms with E-state index >= 15 is 0 Å². The average Bonchev–Trinajstić information content (AvgIpc) is 2.36. The zero-order valence-electron chi connectivity index (χ0n) is 11.8. The molecule has 0 saturated carbocycles. The van der Waals surface area contributed by atoms with Crippen molar-refractivity contribution in [1.82, 2.24) is 10.2 Å². The van der Waals surface area contributed by atoms with Crippen LogP contribution in [0.25, 0.3) is 0 Å². The van der Waals surface area contributed by atoms with Crippen molar-refractivity contribution in [3.63, 3.8) is 0 Å². The molecule has 0 aromatic rings. The van der Waals surface area contributed by atoms with E-state index in [2.05, 4.69) is 12.2 Å². The molecule has 1 saturated heterocycles. The second-order valence-electron chi connectivity index (χ2n) is 5.40. The van der Waals surface area contributed by atoms with Crippen LogP contribution in [0.3, 0.4) is 0 Å². The van der Waals surface area contributed by atoms with Crippen LogP contribution in [-0.2, 0) is 9.53 Å². The number of amides is 2. The number of hydrogen-bond acceptors (Lipinski definition) is 3. The molecule has 0 spiro atoms. The quantitative estimate of drug-likeness (QED) is 0.764. The molecule has 0 aromatic carbocycles. The minimum Gasteiger partial charge on any atom is -0.480 e. The van der Waals surface area contributed by atoms with Gasteiger partial charge in [0, 0.05) is 26.3 Å². The summed E-state index contributed by atoms with van der Waals surface area (Å²) in [7, 11) is 0. The second kappa shape index (κ2) is 7.33. The van der Waals surface area contributed by atoms with Crippen LogP contribution in [0.2, 0.25) is 0 Å². The molecule has 19 heavy (non-hydrogen) atoms. The Bertz CT molecular complexity index is 314. The van der Waals surface area contributed by atoms with Crippen molar-refractivity contribution in [1.29, 1.82) is 0 Å². The van der Waals surface area contributed by atoms with Crippen molar-refractivity contribution >= 4 is 12.0 Å². The van der Waals surface area contributed by atoms with Gasteiger partial charge in [0.25, 0.3) is 0 Å². The molecule has 0 atom stereocenters. The Kier molecular flexibility index (Phi) is 6.08. The monoisotopic (exact) mass is 272 g/mol. The number of nitrogens with zero attached hydrogens (tertiary/aromatic N) is 1. The molecule has 1 aliphatic heterocycles. The molecule has 110 valence electrons. The summed E-state index contributed by atoms with van der Waals surface area (Å²) in [4.78, 5) is 24.0. The maximum Gasteiger partial charge on any atom is 0.323 e. The van der Waals surface area contributed by atoms with E-state index in [4.69, 9.17) is 9.84 Å².